The minimum absolute atomic E-state index is 0.0221. The molecule has 2 aromatic carbocycles. The lowest BCUT2D eigenvalue weighted by Gasteiger charge is -2.58. The molecule has 0 bridgehead atoms. The summed E-state index contributed by atoms with van der Waals surface area (Å²) in [4.78, 5) is 13.4. The zero-order valence-electron chi connectivity index (χ0n) is 23.9. The van der Waals surface area contributed by atoms with Gasteiger partial charge in [0, 0.05) is 5.92 Å². The quantitative estimate of drug-likeness (QED) is 0.148. The van der Waals surface area contributed by atoms with E-state index in [2.05, 4.69) is 37.3 Å². The largest absolute Gasteiger partial charge is 0.362 e. The van der Waals surface area contributed by atoms with Crippen molar-refractivity contribution in [2.45, 2.75) is 132 Å². The molecule has 0 amide bonds. The van der Waals surface area contributed by atoms with E-state index < -0.39 is 9.93 Å². The number of carbonyl (C=O) groups excluding carboxylic acids is 1. The van der Waals surface area contributed by atoms with Crippen molar-refractivity contribution in [3.8, 4) is 0 Å². The van der Waals surface area contributed by atoms with Gasteiger partial charge in [-0.1, -0.05) is 174 Å². The summed E-state index contributed by atoms with van der Waals surface area (Å²) in [5, 5.41) is 0. The van der Waals surface area contributed by atoms with Crippen molar-refractivity contribution in [2.75, 3.05) is 0 Å². The van der Waals surface area contributed by atoms with Gasteiger partial charge in [-0.15, -0.1) is 0 Å². The standard InChI is InChI=1S/C35H48Cl2O2/c1-2-3-4-5-6-7-8-9-10-11-18-26-31-33(38)35(36,37)34(31,29-23-16-13-17-24-29)39-32-27-20-19-25-30(32)28-21-14-12-15-22-28/h12-17,21-24,30-32H,2-11,18-20,25-27H2,1H3/t30-,31+,32+,34+/m0/s1. The van der Waals surface area contributed by atoms with Gasteiger partial charge in [-0.3, -0.25) is 4.79 Å². The fourth-order valence-corrected chi connectivity index (χ4v) is 7.76. The Labute approximate surface area is 247 Å². The number of ether oxygens (including phenoxy) is 1. The van der Waals surface area contributed by atoms with E-state index in [1.54, 1.807) is 0 Å². The van der Waals surface area contributed by atoms with Crippen LogP contribution < -0.4 is 0 Å². The number of benzene rings is 2. The number of hydrogen-bond donors (Lipinski definition) is 0. The van der Waals surface area contributed by atoms with Crippen LogP contribution in [-0.4, -0.2) is 16.2 Å². The van der Waals surface area contributed by atoms with Crippen molar-refractivity contribution in [1.82, 2.24) is 0 Å². The molecule has 2 fully saturated rings. The number of unbranched alkanes of at least 4 members (excludes halogenated alkanes) is 10. The van der Waals surface area contributed by atoms with Crippen molar-refractivity contribution in [2.24, 2.45) is 5.92 Å². The highest BCUT2D eigenvalue weighted by molar-refractivity contribution is 6.61. The number of ketones is 1. The molecule has 4 heteroatoms. The van der Waals surface area contributed by atoms with Gasteiger partial charge in [-0.05, 0) is 30.4 Å². The lowest BCUT2D eigenvalue weighted by atomic mass is 9.61. The van der Waals surface area contributed by atoms with Crippen LogP contribution >= 0.6 is 23.2 Å². The summed E-state index contributed by atoms with van der Waals surface area (Å²) in [6, 6.07) is 20.7. The van der Waals surface area contributed by atoms with Gasteiger partial charge in [-0.2, -0.15) is 0 Å². The summed E-state index contributed by atoms with van der Waals surface area (Å²) < 4.78 is 5.56. The van der Waals surface area contributed by atoms with Crippen LogP contribution in [0.25, 0.3) is 0 Å². The average molecular weight is 572 g/mol. The van der Waals surface area contributed by atoms with E-state index in [4.69, 9.17) is 27.9 Å². The highest BCUT2D eigenvalue weighted by Gasteiger charge is 2.73. The Hall–Kier alpha value is -1.35. The topological polar surface area (TPSA) is 26.3 Å². The first-order chi connectivity index (χ1) is 19.0. The van der Waals surface area contributed by atoms with Crippen LogP contribution in [0.2, 0.25) is 0 Å². The van der Waals surface area contributed by atoms with E-state index in [-0.39, 0.29) is 23.7 Å². The highest BCUT2D eigenvalue weighted by atomic mass is 35.5. The lowest BCUT2D eigenvalue weighted by Crippen LogP contribution is -2.70. The second-order valence-corrected chi connectivity index (χ2v) is 13.2. The number of alkyl halides is 2. The van der Waals surface area contributed by atoms with E-state index in [0.717, 1.165) is 44.1 Å². The maximum atomic E-state index is 13.4. The molecule has 0 saturated heterocycles. The van der Waals surface area contributed by atoms with Crippen LogP contribution in [0.4, 0.5) is 0 Å². The minimum Gasteiger partial charge on any atom is -0.362 e. The number of rotatable bonds is 16. The molecule has 2 aliphatic rings. The molecule has 4 rings (SSSR count). The normalized spacial score (nSPS) is 26.3. The third kappa shape index (κ3) is 7.11. The Morgan fingerprint density at radius 2 is 1.28 bits per heavy atom. The third-order valence-corrected chi connectivity index (χ3v) is 10.1. The van der Waals surface area contributed by atoms with Gasteiger partial charge in [0.25, 0.3) is 0 Å². The van der Waals surface area contributed by atoms with E-state index in [0.29, 0.717) is 0 Å². The van der Waals surface area contributed by atoms with Crippen LogP contribution in [0.3, 0.4) is 0 Å². The summed E-state index contributed by atoms with van der Waals surface area (Å²) in [7, 11) is 0. The third-order valence-electron chi connectivity index (χ3n) is 9.15. The fourth-order valence-electron chi connectivity index (χ4n) is 6.93. The van der Waals surface area contributed by atoms with Gasteiger partial charge in [0.1, 0.15) is 5.60 Å². The van der Waals surface area contributed by atoms with Gasteiger partial charge in [0.05, 0.1) is 12.0 Å². The van der Waals surface area contributed by atoms with Gasteiger partial charge in [-0.25, -0.2) is 0 Å². The van der Waals surface area contributed by atoms with E-state index in [1.165, 1.54) is 69.8 Å². The van der Waals surface area contributed by atoms with Crippen LogP contribution in [0.5, 0.6) is 0 Å². The second kappa shape index (κ2) is 15.0. The first-order valence-corrected chi connectivity index (χ1v) is 16.5. The van der Waals surface area contributed by atoms with Gasteiger partial charge in [0.15, 0.2) is 5.78 Å². The maximum absolute atomic E-state index is 13.4. The Morgan fingerprint density at radius 3 is 1.90 bits per heavy atom. The summed E-state index contributed by atoms with van der Waals surface area (Å²) in [6.07, 6.45) is 19.2. The van der Waals surface area contributed by atoms with Crippen LogP contribution in [0, 0.1) is 5.92 Å². The van der Waals surface area contributed by atoms with Crippen molar-refractivity contribution in [3.05, 3.63) is 71.8 Å². The summed E-state index contributed by atoms with van der Waals surface area (Å²) in [5.41, 5.74) is 1.22. The van der Waals surface area contributed by atoms with Crippen molar-refractivity contribution < 1.29 is 9.53 Å². The fraction of sp³-hybridized carbons (Fsp3) is 0.629. The molecular weight excluding hydrogens is 523 g/mol. The lowest BCUT2D eigenvalue weighted by molar-refractivity contribution is -0.204. The molecule has 2 saturated carbocycles. The molecule has 0 radical (unpaired) electrons. The minimum atomic E-state index is -1.57. The van der Waals surface area contributed by atoms with Crippen molar-refractivity contribution >= 4 is 29.0 Å². The van der Waals surface area contributed by atoms with E-state index >= 15 is 0 Å². The molecule has 214 valence electrons. The smallest absolute Gasteiger partial charge is 0.209 e. The van der Waals surface area contributed by atoms with Gasteiger partial charge >= 0.3 is 0 Å². The molecule has 0 unspecified atom stereocenters. The number of halogens is 2. The number of carbonyl (C=O) groups is 1. The van der Waals surface area contributed by atoms with Gasteiger partial charge in [0.2, 0.25) is 4.33 Å². The number of Topliss-reactive ketones (excluding diaryl/α,β-unsaturated/α-hetero) is 1. The first kappa shape index (κ1) is 30.6. The monoisotopic (exact) mass is 570 g/mol. The molecule has 39 heavy (non-hydrogen) atoms. The Kier molecular flexibility index (Phi) is 11.8. The zero-order valence-corrected chi connectivity index (χ0v) is 25.4. The summed E-state index contributed by atoms with van der Waals surface area (Å²) >= 11 is 13.9. The Bertz CT molecular complexity index is 992. The van der Waals surface area contributed by atoms with Crippen LogP contribution in [-0.2, 0) is 15.1 Å². The molecule has 0 N–H and O–H groups in total. The predicted octanol–water partition coefficient (Wildman–Crippen LogP) is 10.7. The zero-order chi connectivity index (χ0) is 27.6. The average Bonchev–Trinajstić information content (AvgIpc) is 2.97. The molecule has 0 aliphatic heterocycles. The highest BCUT2D eigenvalue weighted by Crippen LogP contribution is 2.63. The summed E-state index contributed by atoms with van der Waals surface area (Å²) in [5.74, 6) is -0.108. The summed E-state index contributed by atoms with van der Waals surface area (Å²) in [6.45, 7) is 2.27. The molecule has 0 aromatic heterocycles. The van der Waals surface area contributed by atoms with Crippen molar-refractivity contribution in [1.29, 1.82) is 0 Å². The maximum Gasteiger partial charge on any atom is 0.209 e. The Morgan fingerprint density at radius 1 is 0.744 bits per heavy atom. The molecule has 0 heterocycles. The molecule has 0 spiro atoms. The predicted molar refractivity (Wildman–Crippen MR) is 165 cm³/mol. The SMILES string of the molecule is CCCCCCCCCCCCC[C@@H]1C(=O)C(Cl)(Cl)[C@@]1(O[C@@H]1CCCC[C@H]1c1ccccc1)c1ccccc1. The molecular formula is C35H48Cl2O2. The van der Waals surface area contributed by atoms with Crippen LogP contribution in [0.1, 0.15) is 127 Å². The Balaban J connectivity index is 1.42. The van der Waals surface area contributed by atoms with Crippen LogP contribution in [0.15, 0.2) is 60.7 Å². The van der Waals surface area contributed by atoms with Crippen molar-refractivity contribution in [3.63, 3.8) is 0 Å². The second-order valence-electron chi connectivity index (χ2n) is 11.9. The van der Waals surface area contributed by atoms with E-state index in [9.17, 15) is 4.79 Å². The van der Waals surface area contributed by atoms with E-state index in [1.807, 2.05) is 30.3 Å². The number of hydrogen-bond acceptors (Lipinski definition) is 2. The molecule has 2 nitrogen and oxygen atoms in total. The first-order valence-electron chi connectivity index (χ1n) is 15.7. The van der Waals surface area contributed by atoms with Gasteiger partial charge < -0.3 is 4.74 Å². The molecule has 2 aliphatic carbocycles. The molecule has 4 atom stereocenters. The molecule has 2 aromatic rings.